The van der Waals surface area contributed by atoms with Gasteiger partial charge in [0.15, 0.2) is 0 Å². The molecule has 0 aliphatic carbocycles. The molecule has 4 nitrogen and oxygen atoms in total. The maximum absolute atomic E-state index is 11.8. The summed E-state index contributed by atoms with van der Waals surface area (Å²) in [6.45, 7) is 3.25. The highest BCUT2D eigenvalue weighted by atomic mass is 16.3. The smallest absolute Gasteiger partial charge is 0.227 e. The van der Waals surface area contributed by atoms with Gasteiger partial charge in [-0.05, 0) is 44.2 Å². The fraction of sp³-hybridized carbons (Fsp3) is 0.467. The predicted molar refractivity (Wildman–Crippen MR) is 73.8 cm³/mol. The van der Waals surface area contributed by atoms with Crippen LogP contribution in [0.3, 0.4) is 0 Å². The number of hydrogen-bond acceptors (Lipinski definition) is 3. The van der Waals surface area contributed by atoms with Gasteiger partial charge in [-0.2, -0.15) is 0 Å². The van der Waals surface area contributed by atoms with Crippen LogP contribution < -0.4 is 4.90 Å². The summed E-state index contributed by atoms with van der Waals surface area (Å²) in [7, 11) is 1.74. The van der Waals surface area contributed by atoms with E-state index in [1.165, 1.54) is 0 Å². The monoisotopic (exact) mass is 258 g/mol. The molecule has 0 fully saturated rings. The molecule has 1 amide bonds. The van der Waals surface area contributed by atoms with Crippen molar-refractivity contribution in [2.75, 3.05) is 11.9 Å². The van der Waals surface area contributed by atoms with Crippen molar-refractivity contribution in [3.63, 3.8) is 0 Å². The fourth-order valence-electron chi connectivity index (χ4n) is 1.97. The molecule has 1 N–H and O–H groups in total. The number of fused-ring (bicyclic) bond motifs is 1. The van der Waals surface area contributed by atoms with Crippen molar-refractivity contribution < 1.29 is 9.90 Å². The minimum Gasteiger partial charge on any atom is -0.378 e. The Kier molecular flexibility index (Phi) is 3.59. The lowest BCUT2D eigenvalue weighted by Gasteiger charge is -2.16. The van der Waals surface area contributed by atoms with Gasteiger partial charge < -0.3 is 5.11 Å². The van der Waals surface area contributed by atoms with Crippen LogP contribution in [0.25, 0.3) is 0 Å². The maximum Gasteiger partial charge on any atom is 0.227 e. The summed E-state index contributed by atoms with van der Waals surface area (Å²) in [5.74, 6) is 6.34. The summed E-state index contributed by atoms with van der Waals surface area (Å²) < 4.78 is 0. The fourth-order valence-corrected chi connectivity index (χ4v) is 1.97. The van der Waals surface area contributed by atoms with Crippen molar-refractivity contribution in [1.82, 2.24) is 4.98 Å². The molecule has 0 saturated carbocycles. The molecule has 1 aliphatic heterocycles. The number of amides is 1. The quantitative estimate of drug-likeness (QED) is 0.718. The van der Waals surface area contributed by atoms with Crippen LogP contribution in [0.5, 0.6) is 0 Å². The van der Waals surface area contributed by atoms with Crippen LogP contribution in [-0.2, 0) is 11.2 Å². The number of aliphatic hydroxyl groups is 1. The molecule has 0 saturated heterocycles. The lowest BCUT2D eigenvalue weighted by molar-refractivity contribution is -0.118. The van der Waals surface area contributed by atoms with Gasteiger partial charge in [-0.25, -0.2) is 4.98 Å². The van der Waals surface area contributed by atoms with Crippen molar-refractivity contribution >= 4 is 11.7 Å². The van der Waals surface area contributed by atoms with Crippen LogP contribution in [0, 0.1) is 11.8 Å². The number of aryl methyl sites for hydroxylation is 1. The van der Waals surface area contributed by atoms with Crippen LogP contribution >= 0.6 is 0 Å². The largest absolute Gasteiger partial charge is 0.378 e. The van der Waals surface area contributed by atoms with E-state index in [9.17, 15) is 9.90 Å². The van der Waals surface area contributed by atoms with E-state index in [0.29, 0.717) is 17.9 Å². The number of anilines is 1. The molecular weight excluding hydrogens is 240 g/mol. The van der Waals surface area contributed by atoms with E-state index in [0.717, 1.165) is 18.4 Å². The first kappa shape index (κ1) is 13.6. The zero-order chi connectivity index (χ0) is 14.0. The zero-order valence-corrected chi connectivity index (χ0v) is 11.5. The second-order valence-electron chi connectivity index (χ2n) is 5.29. The highest BCUT2D eigenvalue weighted by molar-refractivity contribution is 5.93. The lowest BCUT2D eigenvalue weighted by Crippen LogP contribution is -2.26. The molecule has 1 aliphatic rings. The Morgan fingerprint density at radius 2 is 2.11 bits per heavy atom. The molecule has 19 heavy (non-hydrogen) atoms. The number of carbonyl (C=O) groups excluding carboxylic acids is 1. The van der Waals surface area contributed by atoms with E-state index >= 15 is 0 Å². The molecular formula is C15H18N2O2. The van der Waals surface area contributed by atoms with Crippen LogP contribution in [0.2, 0.25) is 0 Å². The van der Waals surface area contributed by atoms with Gasteiger partial charge in [0.2, 0.25) is 5.91 Å². The van der Waals surface area contributed by atoms with Gasteiger partial charge in [0.25, 0.3) is 0 Å². The van der Waals surface area contributed by atoms with Crippen LogP contribution in [-0.4, -0.2) is 28.6 Å². The third kappa shape index (κ3) is 3.33. The average Bonchev–Trinajstić information content (AvgIpc) is 2.47. The first-order valence-corrected chi connectivity index (χ1v) is 6.39. The van der Waals surface area contributed by atoms with E-state index in [1.54, 1.807) is 25.8 Å². The molecule has 1 aromatic heterocycles. The Balaban J connectivity index is 2.39. The summed E-state index contributed by atoms with van der Waals surface area (Å²) in [5, 5.41) is 9.59. The molecule has 100 valence electrons. The van der Waals surface area contributed by atoms with Crippen LogP contribution in [0.15, 0.2) is 12.1 Å². The molecule has 4 heteroatoms. The van der Waals surface area contributed by atoms with Gasteiger partial charge in [0.1, 0.15) is 17.1 Å². The summed E-state index contributed by atoms with van der Waals surface area (Å²) in [6, 6.07) is 3.80. The first-order chi connectivity index (χ1) is 8.87. The van der Waals surface area contributed by atoms with Gasteiger partial charge in [0, 0.05) is 13.5 Å². The molecule has 1 aromatic rings. The highest BCUT2D eigenvalue weighted by Gasteiger charge is 2.20. The van der Waals surface area contributed by atoms with Gasteiger partial charge in [-0.1, -0.05) is 12.0 Å². The predicted octanol–water partition coefficient (Wildman–Crippen LogP) is 1.50. The van der Waals surface area contributed by atoms with E-state index < -0.39 is 5.60 Å². The summed E-state index contributed by atoms with van der Waals surface area (Å²) in [4.78, 5) is 17.8. The minimum atomic E-state index is -1.05. The summed E-state index contributed by atoms with van der Waals surface area (Å²) >= 11 is 0. The van der Waals surface area contributed by atoms with Crippen molar-refractivity contribution in [1.29, 1.82) is 0 Å². The average molecular weight is 258 g/mol. The van der Waals surface area contributed by atoms with E-state index in [1.807, 2.05) is 12.1 Å². The summed E-state index contributed by atoms with van der Waals surface area (Å²) in [6.07, 6.45) is 2.27. The van der Waals surface area contributed by atoms with Gasteiger partial charge >= 0.3 is 0 Å². The normalized spacial score (nSPS) is 15.4. The molecule has 0 aromatic carbocycles. The number of hydrogen-bond donors (Lipinski definition) is 1. The Bertz CT molecular complexity index is 562. The standard InChI is InChI=1S/C15H18N2O2/c1-15(2,19)10-9-12-8-7-11-5-4-6-13(18)17(3)14(11)16-12/h7-8,19H,4-6H2,1-3H3. The number of carbonyl (C=O) groups is 1. The van der Waals surface area contributed by atoms with Gasteiger partial charge in [-0.15, -0.1) is 0 Å². The molecule has 0 spiro atoms. The van der Waals surface area contributed by atoms with Crippen molar-refractivity contribution in [3.8, 4) is 11.8 Å². The SMILES string of the molecule is CN1C(=O)CCCc2ccc(C#CC(C)(C)O)nc21. The van der Waals surface area contributed by atoms with Gasteiger partial charge in [0.05, 0.1) is 0 Å². The van der Waals surface area contributed by atoms with E-state index in [4.69, 9.17) is 0 Å². The maximum atomic E-state index is 11.8. The molecule has 2 heterocycles. The highest BCUT2D eigenvalue weighted by Crippen LogP contribution is 2.23. The molecule has 2 rings (SSSR count). The first-order valence-electron chi connectivity index (χ1n) is 6.39. The number of nitrogens with zero attached hydrogens (tertiary/aromatic N) is 2. The van der Waals surface area contributed by atoms with Crippen LogP contribution in [0.4, 0.5) is 5.82 Å². The molecule has 0 radical (unpaired) electrons. The van der Waals surface area contributed by atoms with E-state index in [-0.39, 0.29) is 5.91 Å². The number of rotatable bonds is 0. The van der Waals surface area contributed by atoms with Gasteiger partial charge in [-0.3, -0.25) is 9.69 Å². The molecule has 0 unspecified atom stereocenters. The topological polar surface area (TPSA) is 53.4 Å². The van der Waals surface area contributed by atoms with Crippen LogP contribution in [0.1, 0.15) is 37.9 Å². The Morgan fingerprint density at radius 3 is 2.79 bits per heavy atom. The third-order valence-corrected chi connectivity index (χ3v) is 2.98. The second-order valence-corrected chi connectivity index (χ2v) is 5.29. The zero-order valence-electron chi connectivity index (χ0n) is 11.5. The van der Waals surface area contributed by atoms with Crippen molar-refractivity contribution in [2.24, 2.45) is 0 Å². The third-order valence-electron chi connectivity index (χ3n) is 2.98. The molecule has 0 atom stereocenters. The lowest BCUT2D eigenvalue weighted by atomic mass is 10.1. The second kappa shape index (κ2) is 5.02. The Hall–Kier alpha value is -1.86. The van der Waals surface area contributed by atoms with E-state index in [2.05, 4.69) is 16.8 Å². The Labute approximate surface area is 113 Å². The summed E-state index contributed by atoms with van der Waals surface area (Å²) in [5.41, 5.74) is 0.598. The number of pyridine rings is 1. The van der Waals surface area contributed by atoms with Crippen molar-refractivity contribution in [3.05, 3.63) is 23.4 Å². The molecule has 0 bridgehead atoms. The van der Waals surface area contributed by atoms with Crippen molar-refractivity contribution in [2.45, 2.75) is 38.7 Å². The minimum absolute atomic E-state index is 0.0823. The number of aromatic nitrogens is 1. The Morgan fingerprint density at radius 1 is 1.37 bits per heavy atom.